The predicted molar refractivity (Wildman–Crippen MR) is 69.6 cm³/mol. The Bertz CT molecular complexity index is 499. The zero-order valence-electron chi connectivity index (χ0n) is 10.4. The van der Waals surface area contributed by atoms with Gasteiger partial charge in [-0.05, 0) is 37.4 Å². The van der Waals surface area contributed by atoms with Gasteiger partial charge in [0.2, 0.25) is 0 Å². The number of rotatable bonds is 2. The van der Waals surface area contributed by atoms with E-state index in [-0.39, 0.29) is 22.8 Å². The molecule has 3 unspecified atom stereocenters. The van der Waals surface area contributed by atoms with Gasteiger partial charge in [-0.2, -0.15) is 0 Å². The quantitative estimate of drug-likeness (QED) is 0.840. The molecule has 0 saturated carbocycles. The molecule has 1 aromatic heterocycles. The fourth-order valence-electron chi connectivity index (χ4n) is 2.97. The Morgan fingerprint density at radius 3 is 3.05 bits per heavy atom. The fraction of sp³-hybridized carbons (Fsp3) is 0.538. The van der Waals surface area contributed by atoms with Crippen molar-refractivity contribution in [3.63, 3.8) is 0 Å². The third kappa shape index (κ3) is 2.72. The van der Waals surface area contributed by atoms with Crippen molar-refractivity contribution < 1.29 is 9.18 Å². The normalized spacial score (nSPS) is 29.3. The van der Waals surface area contributed by atoms with Gasteiger partial charge in [0.25, 0.3) is 5.91 Å². The van der Waals surface area contributed by atoms with Crippen LogP contribution in [0, 0.1) is 11.7 Å². The maximum Gasteiger partial charge on any atom is 0.270 e. The summed E-state index contributed by atoms with van der Waals surface area (Å²) in [4.78, 5) is 18.2. The maximum absolute atomic E-state index is 13.0. The van der Waals surface area contributed by atoms with E-state index >= 15 is 0 Å². The molecular weight excluding hydrogens is 269 g/mol. The number of carbonyl (C=O) groups excluding carboxylic acids is 1. The number of fused-ring (bicyclic) bond motifs is 2. The van der Waals surface area contributed by atoms with Crippen molar-refractivity contribution in [1.82, 2.24) is 15.2 Å². The number of halogens is 2. The first-order chi connectivity index (χ1) is 9.11. The zero-order chi connectivity index (χ0) is 13.4. The van der Waals surface area contributed by atoms with Gasteiger partial charge in [0.1, 0.15) is 5.69 Å². The van der Waals surface area contributed by atoms with E-state index in [1.165, 1.54) is 12.5 Å². The van der Waals surface area contributed by atoms with Crippen LogP contribution >= 0.6 is 11.6 Å². The van der Waals surface area contributed by atoms with Gasteiger partial charge in [-0.25, -0.2) is 9.37 Å². The largest absolute Gasteiger partial charge is 0.347 e. The SMILES string of the molecule is O=C(NC1CC2CCN(C2)C1)c1ccc(F)c(Cl)n1. The summed E-state index contributed by atoms with van der Waals surface area (Å²) >= 11 is 5.58. The third-order valence-electron chi connectivity index (χ3n) is 3.84. The summed E-state index contributed by atoms with van der Waals surface area (Å²) in [5, 5.41) is 2.69. The number of nitrogens with one attached hydrogen (secondary N) is 1. The summed E-state index contributed by atoms with van der Waals surface area (Å²) in [6, 6.07) is 2.67. The average molecular weight is 284 g/mol. The molecule has 1 N–H and O–H groups in total. The molecule has 2 saturated heterocycles. The number of hydrogen-bond acceptors (Lipinski definition) is 3. The molecule has 1 amide bonds. The lowest BCUT2D eigenvalue weighted by molar-refractivity contribution is 0.0904. The minimum atomic E-state index is -0.611. The first-order valence-corrected chi connectivity index (χ1v) is 6.85. The average Bonchev–Trinajstić information content (AvgIpc) is 2.72. The number of hydrogen-bond donors (Lipinski definition) is 1. The van der Waals surface area contributed by atoms with Crippen LogP contribution < -0.4 is 5.32 Å². The van der Waals surface area contributed by atoms with Crippen LogP contribution in [0.15, 0.2) is 12.1 Å². The van der Waals surface area contributed by atoms with Gasteiger partial charge < -0.3 is 10.2 Å². The van der Waals surface area contributed by atoms with Crippen molar-refractivity contribution in [1.29, 1.82) is 0 Å². The summed E-state index contributed by atoms with van der Waals surface area (Å²) in [6.45, 7) is 3.15. The number of pyridine rings is 1. The van der Waals surface area contributed by atoms with Gasteiger partial charge in [0, 0.05) is 19.1 Å². The molecule has 6 heteroatoms. The Morgan fingerprint density at radius 1 is 1.47 bits per heavy atom. The summed E-state index contributed by atoms with van der Waals surface area (Å²) < 4.78 is 13.0. The fourth-order valence-corrected chi connectivity index (χ4v) is 3.12. The van der Waals surface area contributed by atoms with Crippen LogP contribution in [-0.2, 0) is 0 Å². The molecule has 2 fully saturated rings. The Labute approximate surface area is 115 Å². The molecule has 0 aromatic carbocycles. The maximum atomic E-state index is 13.0. The molecule has 1 aromatic rings. The summed E-state index contributed by atoms with van der Waals surface area (Å²) in [5.41, 5.74) is 0.166. The molecular formula is C13H15ClFN3O. The van der Waals surface area contributed by atoms with E-state index in [2.05, 4.69) is 15.2 Å². The highest BCUT2D eigenvalue weighted by Gasteiger charge is 2.33. The predicted octanol–water partition coefficient (Wildman–Crippen LogP) is 1.70. The minimum absolute atomic E-state index is 0.152. The second kappa shape index (κ2) is 5.06. The van der Waals surface area contributed by atoms with Gasteiger partial charge in [0.15, 0.2) is 11.0 Å². The monoisotopic (exact) mass is 283 g/mol. The van der Waals surface area contributed by atoms with Gasteiger partial charge in [0.05, 0.1) is 0 Å². The number of carbonyl (C=O) groups is 1. The molecule has 2 bridgehead atoms. The number of piperidine rings is 1. The summed E-state index contributed by atoms with van der Waals surface area (Å²) in [6.07, 6.45) is 2.23. The van der Waals surface area contributed by atoms with Gasteiger partial charge >= 0.3 is 0 Å². The van der Waals surface area contributed by atoms with Gasteiger partial charge in [-0.15, -0.1) is 0 Å². The van der Waals surface area contributed by atoms with E-state index in [1.54, 1.807) is 0 Å². The van der Waals surface area contributed by atoms with E-state index in [4.69, 9.17) is 11.6 Å². The lowest BCUT2D eigenvalue weighted by atomic mass is 9.97. The molecule has 4 nitrogen and oxygen atoms in total. The second-order valence-electron chi connectivity index (χ2n) is 5.29. The molecule has 3 heterocycles. The van der Waals surface area contributed by atoms with Crippen LogP contribution in [0.3, 0.4) is 0 Å². The lowest BCUT2D eigenvalue weighted by Crippen LogP contribution is -2.47. The van der Waals surface area contributed by atoms with Gasteiger partial charge in [-0.3, -0.25) is 4.79 Å². The highest BCUT2D eigenvalue weighted by molar-refractivity contribution is 6.29. The first-order valence-electron chi connectivity index (χ1n) is 6.47. The molecule has 2 aliphatic heterocycles. The van der Waals surface area contributed by atoms with Crippen molar-refractivity contribution in [2.24, 2.45) is 5.92 Å². The zero-order valence-corrected chi connectivity index (χ0v) is 11.2. The first kappa shape index (κ1) is 12.8. The van der Waals surface area contributed by atoms with Crippen LogP contribution in [0.1, 0.15) is 23.3 Å². The molecule has 3 rings (SSSR count). The Kier molecular flexibility index (Phi) is 3.41. The second-order valence-corrected chi connectivity index (χ2v) is 5.65. The van der Waals surface area contributed by atoms with Crippen molar-refractivity contribution in [3.05, 3.63) is 28.8 Å². The van der Waals surface area contributed by atoms with Crippen LogP contribution in [-0.4, -0.2) is 41.5 Å². The molecule has 102 valence electrons. The smallest absolute Gasteiger partial charge is 0.270 e. The highest BCUT2D eigenvalue weighted by Crippen LogP contribution is 2.26. The van der Waals surface area contributed by atoms with E-state index in [1.807, 2.05) is 0 Å². The summed E-state index contributed by atoms with van der Waals surface area (Å²) in [7, 11) is 0. The van der Waals surface area contributed by atoms with Crippen LogP contribution in [0.4, 0.5) is 4.39 Å². The Morgan fingerprint density at radius 2 is 2.32 bits per heavy atom. The van der Waals surface area contributed by atoms with Crippen molar-refractivity contribution in [2.45, 2.75) is 18.9 Å². The van der Waals surface area contributed by atoms with Gasteiger partial charge in [-0.1, -0.05) is 11.6 Å². The van der Waals surface area contributed by atoms with Crippen LogP contribution in [0.25, 0.3) is 0 Å². The molecule has 0 radical (unpaired) electrons. The number of aromatic nitrogens is 1. The van der Waals surface area contributed by atoms with Crippen LogP contribution in [0.5, 0.6) is 0 Å². The van der Waals surface area contributed by atoms with Crippen molar-refractivity contribution in [2.75, 3.05) is 19.6 Å². The van der Waals surface area contributed by atoms with Crippen molar-refractivity contribution in [3.8, 4) is 0 Å². The molecule has 2 aliphatic rings. The minimum Gasteiger partial charge on any atom is -0.347 e. The van der Waals surface area contributed by atoms with E-state index in [0.717, 1.165) is 32.1 Å². The van der Waals surface area contributed by atoms with Crippen molar-refractivity contribution >= 4 is 17.5 Å². The highest BCUT2D eigenvalue weighted by atomic mass is 35.5. The van der Waals surface area contributed by atoms with E-state index in [0.29, 0.717) is 5.92 Å². The molecule has 0 aliphatic carbocycles. The Balaban J connectivity index is 1.66. The van der Waals surface area contributed by atoms with E-state index < -0.39 is 5.82 Å². The topological polar surface area (TPSA) is 45.2 Å². The standard InChI is InChI=1S/C13H15ClFN3O/c14-12-10(15)1-2-11(17-12)13(19)16-9-5-8-3-4-18(6-8)7-9/h1-2,8-9H,3-7H2,(H,16,19). The molecule has 3 atom stereocenters. The summed E-state index contributed by atoms with van der Waals surface area (Å²) in [5.74, 6) is -0.210. The lowest BCUT2D eigenvalue weighted by Gasteiger charge is -2.30. The van der Waals surface area contributed by atoms with E-state index in [9.17, 15) is 9.18 Å². The molecule has 19 heavy (non-hydrogen) atoms. The Hall–Kier alpha value is -1.20. The van der Waals surface area contributed by atoms with Crippen LogP contribution in [0.2, 0.25) is 5.15 Å². The number of nitrogens with zero attached hydrogens (tertiary/aromatic N) is 2. The molecule has 0 spiro atoms. The number of amides is 1. The third-order valence-corrected chi connectivity index (χ3v) is 4.10.